The number of likely N-dealkylation sites (N-methyl/N-ethyl adjacent to an activating group) is 1. The lowest BCUT2D eigenvalue weighted by molar-refractivity contribution is -0.127. The number of fused-ring (bicyclic) bond motifs is 1. The molecular formula is C21H31N3O5. The molecule has 1 aliphatic rings. The Hall–Kier alpha value is -2.61. The molecule has 0 fully saturated rings. The maximum Gasteiger partial charge on any atom is 0.409 e. The fourth-order valence-electron chi connectivity index (χ4n) is 2.91. The van der Waals surface area contributed by atoms with Gasteiger partial charge in [0.25, 0.3) is 0 Å². The van der Waals surface area contributed by atoms with Gasteiger partial charge in [-0.2, -0.15) is 0 Å². The third kappa shape index (κ3) is 6.45. The minimum Gasteiger partial charge on any atom is -0.449 e. The van der Waals surface area contributed by atoms with Gasteiger partial charge < -0.3 is 24.6 Å². The normalized spacial score (nSPS) is 17.7. The molecule has 0 saturated carbocycles. The number of para-hydroxylation sites is 1. The zero-order valence-corrected chi connectivity index (χ0v) is 17.9. The standard InChI is InChI=1S/C21H31N3O5/c1-21(2,3)14-29-20(27)24-11-10-19(26)23(5)16-9-7-6-8-15(16)17(12-24)28-13-18(25)22-4/h6-9,17H,10-14H2,1-5H3,(H,22,25). The van der Waals surface area contributed by atoms with E-state index in [1.54, 1.807) is 11.9 Å². The Morgan fingerprint density at radius 3 is 2.59 bits per heavy atom. The Balaban J connectivity index is 2.32. The topological polar surface area (TPSA) is 88.2 Å². The molecule has 0 bridgehead atoms. The molecule has 0 radical (unpaired) electrons. The number of carbonyl (C=O) groups excluding carboxylic acids is 3. The Labute approximate surface area is 172 Å². The van der Waals surface area contributed by atoms with Crippen LogP contribution in [-0.2, 0) is 19.1 Å². The van der Waals surface area contributed by atoms with E-state index in [9.17, 15) is 14.4 Å². The van der Waals surface area contributed by atoms with E-state index in [-0.39, 0.29) is 50.0 Å². The molecule has 1 atom stereocenters. The summed E-state index contributed by atoms with van der Waals surface area (Å²) < 4.78 is 11.3. The SMILES string of the molecule is CNC(=O)COC1CN(C(=O)OCC(C)(C)C)CCC(=O)N(C)c2ccccc21. The number of amides is 3. The highest BCUT2D eigenvalue weighted by molar-refractivity contribution is 5.94. The van der Waals surface area contributed by atoms with Crippen LogP contribution in [0.5, 0.6) is 0 Å². The molecule has 2 rings (SSSR count). The molecule has 1 aromatic rings. The lowest BCUT2D eigenvalue weighted by atomic mass is 9.99. The van der Waals surface area contributed by atoms with Gasteiger partial charge in [0.2, 0.25) is 11.8 Å². The van der Waals surface area contributed by atoms with Crippen LogP contribution in [0, 0.1) is 5.41 Å². The quantitative estimate of drug-likeness (QED) is 0.831. The van der Waals surface area contributed by atoms with Crippen LogP contribution >= 0.6 is 0 Å². The number of hydrogen-bond donors (Lipinski definition) is 1. The van der Waals surface area contributed by atoms with Crippen molar-refractivity contribution in [3.8, 4) is 0 Å². The van der Waals surface area contributed by atoms with E-state index in [4.69, 9.17) is 9.47 Å². The molecule has 29 heavy (non-hydrogen) atoms. The number of benzene rings is 1. The van der Waals surface area contributed by atoms with Crippen molar-refractivity contribution in [3.05, 3.63) is 29.8 Å². The van der Waals surface area contributed by atoms with Crippen molar-refractivity contribution in [1.82, 2.24) is 10.2 Å². The molecule has 8 heteroatoms. The number of rotatable bonds is 4. The third-order valence-electron chi connectivity index (χ3n) is 4.58. The van der Waals surface area contributed by atoms with Crippen molar-refractivity contribution < 1.29 is 23.9 Å². The van der Waals surface area contributed by atoms with E-state index < -0.39 is 12.2 Å². The second kappa shape index (κ2) is 9.73. The van der Waals surface area contributed by atoms with Crippen molar-refractivity contribution in [3.63, 3.8) is 0 Å². The van der Waals surface area contributed by atoms with Crippen LogP contribution in [0.1, 0.15) is 38.9 Å². The predicted molar refractivity (Wildman–Crippen MR) is 110 cm³/mol. The number of nitrogens with zero attached hydrogens (tertiary/aromatic N) is 2. The minimum absolute atomic E-state index is 0.113. The molecule has 0 aliphatic carbocycles. The molecule has 8 nitrogen and oxygen atoms in total. The van der Waals surface area contributed by atoms with Crippen LogP contribution in [0.3, 0.4) is 0 Å². The largest absolute Gasteiger partial charge is 0.449 e. The lowest BCUT2D eigenvalue weighted by Crippen LogP contribution is -2.39. The van der Waals surface area contributed by atoms with Crippen LogP contribution in [0.15, 0.2) is 24.3 Å². The summed E-state index contributed by atoms with van der Waals surface area (Å²) in [4.78, 5) is 40.1. The monoisotopic (exact) mass is 405 g/mol. The number of hydrogen-bond acceptors (Lipinski definition) is 5. The highest BCUT2D eigenvalue weighted by Crippen LogP contribution is 2.31. The second-order valence-electron chi connectivity index (χ2n) is 8.30. The van der Waals surface area contributed by atoms with Gasteiger partial charge in [-0.25, -0.2) is 4.79 Å². The van der Waals surface area contributed by atoms with Gasteiger partial charge in [0.05, 0.1) is 13.2 Å². The number of carbonyl (C=O) groups is 3. The van der Waals surface area contributed by atoms with E-state index in [2.05, 4.69) is 5.32 Å². The van der Waals surface area contributed by atoms with Crippen molar-refractivity contribution in [2.45, 2.75) is 33.3 Å². The lowest BCUT2D eigenvalue weighted by Gasteiger charge is -2.28. The Morgan fingerprint density at radius 2 is 1.93 bits per heavy atom. The summed E-state index contributed by atoms with van der Waals surface area (Å²) in [6.45, 7) is 6.42. The summed E-state index contributed by atoms with van der Waals surface area (Å²) in [5, 5.41) is 2.52. The summed E-state index contributed by atoms with van der Waals surface area (Å²) in [5.41, 5.74) is 1.26. The Morgan fingerprint density at radius 1 is 1.24 bits per heavy atom. The van der Waals surface area contributed by atoms with Gasteiger partial charge in [-0.15, -0.1) is 0 Å². The zero-order valence-electron chi connectivity index (χ0n) is 17.9. The molecule has 3 amide bonds. The first kappa shape index (κ1) is 22.7. The smallest absolute Gasteiger partial charge is 0.409 e. The van der Waals surface area contributed by atoms with E-state index in [1.807, 2.05) is 45.0 Å². The molecule has 1 aliphatic heterocycles. The summed E-state index contributed by atoms with van der Waals surface area (Å²) >= 11 is 0. The van der Waals surface area contributed by atoms with Crippen molar-refractivity contribution in [2.75, 3.05) is 45.3 Å². The molecule has 0 aromatic heterocycles. The van der Waals surface area contributed by atoms with E-state index in [0.29, 0.717) is 5.69 Å². The highest BCUT2D eigenvalue weighted by atomic mass is 16.6. The van der Waals surface area contributed by atoms with Crippen LogP contribution in [0.2, 0.25) is 0 Å². The first-order chi connectivity index (χ1) is 13.6. The van der Waals surface area contributed by atoms with Crippen LogP contribution in [0.25, 0.3) is 0 Å². The average molecular weight is 405 g/mol. The fourth-order valence-corrected chi connectivity index (χ4v) is 2.91. The number of nitrogens with one attached hydrogen (secondary N) is 1. The summed E-state index contributed by atoms with van der Waals surface area (Å²) in [6, 6.07) is 7.36. The number of ether oxygens (including phenoxy) is 2. The van der Waals surface area contributed by atoms with Crippen molar-refractivity contribution in [2.24, 2.45) is 5.41 Å². The summed E-state index contributed by atoms with van der Waals surface area (Å²) in [6.07, 6.45) is -0.917. The Kier molecular flexibility index (Phi) is 7.61. The maximum atomic E-state index is 12.7. The molecule has 1 aromatic carbocycles. The molecular weight excluding hydrogens is 374 g/mol. The van der Waals surface area contributed by atoms with Gasteiger partial charge in [0, 0.05) is 38.3 Å². The minimum atomic E-state index is -0.584. The van der Waals surface area contributed by atoms with Gasteiger partial charge in [-0.1, -0.05) is 39.0 Å². The van der Waals surface area contributed by atoms with Gasteiger partial charge in [-0.05, 0) is 11.5 Å². The summed E-state index contributed by atoms with van der Waals surface area (Å²) in [5.74, 6) is -0.383. The van der Waals surface area contributed by atoms with E-state index in [0.717, 1.165) is 5.56 Å². The zero-order chi connectivity index (χ0) is 21.6. The third-order valence-corrected chi connectivity index (χ3v) is 4.58. The second-order valence-corrected chi connectivity index (χ2v) is 8.30. The first-order valence-electron chi connectivity index (χ1n) is 9.71. The molecule has 160 valence electrons. The fraction of sp³-hybridized carbons (Fsp3) is 0.571. The van der Waals surface area contributed by atoms with Crippen LogP contribution in [-0.4, -0.2) is 63.2 Å². The van der Waals surface area contributed by atoms with Crippen molar-refractivity contribution >= 4 is 23.6 Å². The van der Waals surface area contributed by atoms with Gasteiger partial charge in [0.1, 0.15) is 12.7 Å². The van der Waals surface area contributed by atoms with E-state index >= 15 is 0 Å². The molecule has 0 saturated heterocycles. The number of anilines is 1. The van der Waals surface area contributed by atoms with Gasteiger partial charge >= 0.3 is 6.09 Å². The summed E-state index contributed by atoms with van der Waals surface area (Å²) in [7, 11) is 3.23. The molecule has 1 heterocycles. The molecule has 1 unspecified atom stereocenters. The molecule has 1 N–H and O–H groups in total. The van der Waals surface area contributed by atoms with Gasteiger partial charge in [-0.3, -0.25) is 9.59 Å². The molecule has 0 spiro atoms. The Bertz CT molecular complexity index is 744. The van der Waals surface area contributed by atoms with E-state index in [1.165, 1.54) is 11.9 Å². The van der Waals surface area contributed by atoms with Crippen LogP contribution in [0.4, 0.5) is 10.5 Å². The van der Waals surface area contributed by atoms with Gasteiger partial charge in [0.15, 0.2) is 0 Å². The maximum absolute atomic E-state index is 12.7. The average Bonchev–Trinajstić information content (AvgIpc) is 2.73. The predicted octanol–water partition coefficient (Wildman–Crippen LogP) is 2.34. The van der Waals surface area contributed by atoms with Crippen molar-refractivity contribution in [1.29, 1.82) is 0 Å². The highest BCUT2D eigenvalue weighted by Gasteiger charge is 2.29. The first-order valence-corrected chi connectivity index (χ1v) is 9.71. The van der Waals surface area contributed by atoms with Crippen LogP contribution < -0.4 is 10.2 Å².